The van der Waals surface area contributed by atoms with Gasteiger partial charge < -0.3 is 29.5 Å². The van der Waals surface area contributed by atoms with Gasteiger partial charge in [-0.25, -0.2) is 9.59 Å². The number of esters is 1. The average molecular weight is 404 g/mol. The Labute approximate surface area is 165 Å². The number of nitrogens with zero attached hydrogens (tertiary/aromatic N) is 1. The first kappa shape index (κ1) is 25.6. The highest BCUT2D eigenvalue weighted by Crippen LogP contribution is 2.12. The Morgan fingerprint density at radius 2 is 1.54 bits per heavy atom. The lowest BCUT2D eigenvalue weighted by Crippen LogP contribution is -2.46. The summed E-state index contributed by atoms with van der Waals surface area (Å²) in [6.45, 7) is 9.92. The van der Waals surface area contributed by atoms with Crippen molar-refractivity contribution in [3.8, 4) is 0 Å². The molecule has 0 unspecified atom stereocenters. The number of carboxylic acid groups (broad SMARTS) is 1. The van der Waals surface area contributed by atoms with E-state index < -0.39 is 54.2 Å². The topological polar surface area (TPSA) is 131 Å². The minimum atomic E-state index is -1.37. The van der Waals surface area contributed by atoms with Crippen LogP contribution in [0.5, 0.6) is 0 Å². The van der Waals surface area contributed by atoms with Crippen molar-refractivity contribution in [2.24, 2.45) is 0 Å². The number of aliphatic carboxylic acids is 1. The molecule has 0 aliphatic rings. The van der Waals surface area contributed by atoms with Gasteiger partial charge in [-0.3, -0.25) is 9.59 Å². The number of hydrogen-bond donors (Lipinski definition) is 2. The van der Waals surface area contributed by atoms with Crippen molar-refractivity contribution >= 4 is 23.9 Å². The van der Waals surface area contributed by atoms with Crippen LogP contribution in [0.15, 0.2) is 0 Å². The molecule has 0 aromatic heterocycles. The Bertz CT molecular complexity index is 563. The van der Waals surface area contributed by atoms with Crippen LogP contribution in [0.3, 0.4) is 0 Å². The van der Waals surface area contributed by atoms with E-state index in [-0.39, 0.29) is 13.2 Å². The maximum absolute atomic E-state index is 12.1. The third kappa shape index (κ3) is 12.1. The summed E-state index contributed by atoms with van der Waals surface area (Å²) < 4.78 is 15.3. The molecular weight excluding hydrogens is 372 g/mol. The number of rotatable bonds is 9. The summed E-state index contributed by atoms with van der Waals surface area (Å²) in [5.41, 5.74) is -1.38. The fourth-order valence-corrected chi connectivity index (χ4v) is 1.91. The monoisotopic (exact) mass is 404 g/mol. The zero-order valence-corrected chi connectivity index (χ0v) is 17.7. The zero-order chi connectivity index (χ0) is 22.1. The van der Waals surface area contributed by atoms with Gasteiger partial charge in [0.05, 0.1) is 13.0 Å². The summed E-state index contributed by atoms with van der Waals surface area (Å²) in [4.78, 5) is 47.8. The quantitative estimate of drug-likeness (QED) is 0.432. The van der Waals surface area contributed by atoms with Crippen LogP contribution >= 0.6 is 0 Å². The molecular formula is C18H32N2O8. The first-order valence-corrected chi connectivity index (χ1v) is 8.87. The van der Waals surface area contributed by atoms with Gasteiger partial charge in [0.15, 0.2) is 0 Å². The predicted molar refractivity (Wildman–Crippen MR) is 99.7 cm³/mol. The highest BCUT2D eigenvalue weighted by Gasteiger charge is 2.31. The molecule has 0 fully saturated rings. The fraction of sp³-hybridized carbons (Fsp3) is 0.778. The number of nitrogens with one attached hydrogen (secondary N) is 1. The smallest absolute Gasteiger partial charge is 0.407 e. The lowest BCUT2D eigenvalue weighted by molar-refractivity contribution is -0.162. The van der Waals surface area contributed by atoms with Crippen molar-refractivity contribution in [3.63, 3.8) is 0 Å². The van der Waals surface area contributed by atoms with E-state index in [0.717, 1.165) is 4.90 Å². The Morgan fingerprint density at radius 1 is 1.00 bits per heavy atom. The second-order valence-electron chi connectivity index (χ2n) is 8.13. The first-order valence-electron chi connectivity index (χ1n) is 8.87. The summed E-state index contributed by atoms with van der Waals surface area (Å²) in [6.07, 6.45) is -1.09. The molecule has 0 aromatic carbocycles. The molecule has 2 N–H and O–H groups in total. The molecule has 2 amide bonds. The normalized spacial score (nSPS) is 12.7. The van der Waals surface area contributed by atoms with E-state index >= 15 is 0 Å². The summed E-state index contributed by atoms with van der Waals surface area (Å²) in [5, 5.41) is 11.8. The molecule has 0 rings (SSSR count). The van der Waals surface area contributed by atoms with Gasteiger partial charge in [0.2, 0.25) is 5.91 Å². The van der Waals surface area contributed by atoms with Crippen molar-refractivity contribution in [2.75, 3.05) is 26.8 Å². The van der Waals surface area contributed by atoms with Crippen LogP contribution in [0.25, 0.3) is 0 Å². The lowest BCUT2D eigenvalue weighted by Gasteiger charge is -2.26. The van der Waals surface area contributed by atoms with Crippen LogP contribution in [0, 0.1) is 0 Å². The summed E-state index contributed by atoms with van der Waals surface area (Å²) in [6, 6.07) is -1.37. The minimum absolute atomic E-state index is 0.0304. The number of hydrogen-bond acceptors (Lipinski definition) is 7. The lowest BCUT2D eigenvalue weighted by atomic mass is 10.1. The summed E-state index contributed by atoms with van der Waals surface area (Å²) >= 11 is 0. The average Bonchev–Trinajstić information content (AvgIpc) is 2.47. The molecule has 10 heteroatoms. The molecule has 1 atom stereocenters. The molecule has 0 aromatic rings. The fourth-order valence-electron chi connectivity index (χ4n) is 1.91. The molecule has 28 heavy (non-hydrogen) atoms. The van der Waals surface area contributed by atoms with Gasteiger partial charge in [0, 0.05) is 13.6 Å². The third-order valence-electron chi connectivity index (χ3n) is 3.07. The Morgan fingerprint density at radius 3 is 2.00 bits per heavy atom. The van der Waals surface area contributed by atoms with E-state index in [9.17, 15) is 24.3 Å². The molecule has 0 radical (unpaired) electrons. The summed E-state index contributed by atoms with van der Waals surface area (Å²) in [7, 11) is 1.27. The second kappa shape index (κ2) is 10.8. The zero-order valence-electron chi connectivity index (χ0n) is 17.7. The molecule has 0 spiro atoms. The van der Waals surface area contributed by atoms with E-state index in [1.54, 1.807) is 41.5 Å². The molecule has 0 aliphatic heterocycles. The Kier molecular flexibility index (Phi) is 9.93. The van der Waals surface area contributed by atoms with Crippen molar-refractivity contribution in [3.05, 3.63) is 0 Å². The number of carbonyl (C=O) groups is 4. The van der Waals surface area contributed by atoms with Crippen molar-refractivity contribution in [2.45, 2.75) is 65.2 Å². The SMILES string of the molecule is CN(C(=O)COCCNC(=O)OC(C)(C)C)[C@@H](CC(=O)OC(C)(C)C)C(=O)O. The number of likely N-dealkylation sites (N-methyl/N-ethyl adjacent to an activating group) is 1. The van der Waals surface area contributed by atoms with Crippen LogP contribution in [0.1, 0.15) is 48.0 Å². The van der Waals surface area contributed by atoms with Crippen LogP contribution < -0.4 is 5.32 Å². The van der Waals surface area contributed by atoms with E-state index in [0.29, 0.717) is 0 Å². The van der Waals surface area contributed by atoms with Crippen molar-refractivity contribution in [1.82, 2.24) is 10.2 Å². The van der Waals surface area contributed by atoms with E-state index in [1.165, 1.54) is 7.05 Å². The first-order chi connectivity index (χ1) is 12.6. The van der Waals surface area contributed by atoms with Crippen molar-refractivity contribution in [1.29, 1.82) is 0 Å². The molecule has 0 aliphatic carbocycles. The maximum atomic E-state index is 12.1. The molecule has 162 valence electrons. The third-order valence-corrected chi connectivity index (χ3v) is 3.07. The predicted octanol–water partition coefficient (Wildman–Crippen LogP) is 1.17. The van der Waals surface area contributed by atoms with E-state index in [2.05, 4.69) is 5.32 Å². The molecule has 0 saturated heterocycles. The van der Waals surface area contributed by atoms with Crippen LogP contribution in [0.2, 0.25) is 0 Å². The number of amides is 2. The molecule has 0 saturated carbocycles. The van der Waals surface area contributed by atoms with Gasteiger partial charge in [-0.05, 0) is 41.5 Å². The van der Waals surface area contributed by atoms with Gasteiger partial charge in [-0.1, -0.05) is 0 Å². The maximum Gasteiger partial charge on any atom is 0.407 e. The Hall–Kier alpha value is -2.36. The standard InChI is InChI=1S/C18H32N2O8/c1-17(2,3)27-14(22)10-12(15(23)24)20(7)13(21)11-26-9-8-19-16(25)28-18(4,5)6/h12H,8-11H2,1-7H3,(H,19,25)(H,23,24)/t12-/m0/s1. The van der Waals surface area contributed by atoms with Gasteiger partial charge in [-0.15, -0.1) is 0 Å². The largest absolute Gasteiger partial charge is 0.480 e. The number of carboxylic acids is 1. The number of alkyl carbamates (subject to hydrolysis) is 1. The van der Waals surface area contributed by atoms with E-state index in [4.69, 9.17) is 14.2 Å². The van der Waals surface area contributed by atoms with Crippen molar-refractivity contribution < 1.29 is 38.5 Å². The minimum Gasteiger partial charge on any atom is -0.480 e. The number of ether oxygens (including phenoxy) is 3. The van der Waals surface area contributed by atoms with Gasteiger partial charge in [-0.2, -0.15) is 0 Å². The van der Waals surface area contributed by atoms with Crippen LogP contribution in [-0.2, 0) is 28.6 Å². The van der Waals surface area contributed by atoms with Crippen LogP contribution in [-0.4, -0.2) is 78.0 Å². The van der Waals surface area contributed by atoms with Gasteiger partial charge >= 0.3 is 18.0 Å². The molecule has 0 bridgehead atoms. The van der Waals surface area contributed by atoms with Gasteiger partial charge in [0.1, 0.15) is 23.9 Å². The second-order valence-corrected chi connectivity index (χ2v) is 8.13. The number of carbonyl (C=O) groups excluding carboxylic acids is 3. The molecule has 10 nitrogen and oxygen atoms in total. The highest BCUT2D eigenvalue weighted by molar-refractivity contribution is 5.87. The summed E-state index contributed by atoms with van der Waals surface area (Å²) in [5.74, 6) is -2.66. The van der Waals surface area contributed by atoms with Gasteiger partial charge in [0.25, 0.3) is 0 Å². The van der Waals surface area contributed by atoms with E-state index in [1.807, 2.05) is 0 Å². The van der Waals surface area contributed by atoms with Crippen LogP contribution in [0.4, 0.5) is 4.79 Å². The molecule has 0 heterocycles. The Balaban J connectivity index is 4.40. The highest BCUT2D eigenvalue weighted by atomic mass is 16.6.